The summed E-state index contributed by atoms with van der Waals surface area (Å²) in [7, 11) is 0. The normalized spacial score (nSPS) is 16.9. The van der Waals surface area contributed by atoms with Crippen molar-refractivity contribution in [2.75, 3.05) is 0 Å². The van der Waals surface area contributed by atoms with Gasteiger partial charge in [0.25, 0.3) is 5.91 Å². The van der Waals surface area contributed by atoms with E-state index in [0.717, 1.165) is 6.42 Å². The van der Waals surface area contributed by atoms with E-state index < -0.39 is 11.7 Å². The van der Waals surface area contributed by atoms with Gasteiger partial charge in [0.1, 0.15) is 5.60 Å². The molecule has 0 aliphatic carbocycles. The summed E-state index contributed by atoms with van der Waals surface area (Å²) in [5, 5.41) is 0. The molecule has 0 saturated heterocycles. The zero-order valence-electron chi connectivity index (χ0n) is 16.9. The summed E-state index contributed by atoms with van der Waals surface area (Å²) >= 11 is 0. The number of imide groups is 1. The topological polar surface area (TPSA) is 46.6 Å². The maximum Gasteiger partial charge on any atom is 0.417 e. The second-order valence-corrected chi connectivity index (χ2v) is 8.17. The Bertz CT molecular complexity index is 876. The molecule has 0 aromatic heterocycles. The van der Waals surface area contributed by atoms with E-state index in [9.17, 15) is 9.59 Å². The van der Waals surface area contributed by atoms with Gasteiger partial charge >= 0.3 is 6.09 Å². The Balaban J connectivity index is 1.67. The predicted octanol–water partition coefficient (Wildman–Crippen LogP) is 5.38. The monoisotopic (exact) mass is 377 g/mol. The molecule has 0 spiro atoms. The van der Waals surface area contributed by atoms with Crippen LogP contribution in [-0.4, -0.2) is 28.5 Å². The van der Waals surface area contributed by atoms with E-state index in [2.05, 4.69) is 36.4 Å². The number of hydrogen-bond donors (Lipinski definition) is 0. The Morgan fingerprint density at radius 3 is 2.21 bits per heavy atom. The maximum absolute atomic E-state index is 12.5. The van der Waals surface area contributed by atoms with E-state index in [1.165, 1.54) is 21.6 Å². The molecular formula is C24H27NO3. The smallest absolute Gasteiger partial charge is 0.417 e. The molecule has 1 heterocycles. The van der Waals surface area contributed by atoms with Crippen LogP contribution in [0.25, 0.3) is 11.1 Å². The van der Waals surface area contributed by atoms with Crippen molar-refractivity contribution in [1.82, 2.24) is 4.90 Å². The number of nitrogens with zero attached hydrogens (tertiary/aromatic N) is 1. The molecule has 146 valence electrons. The highest BCUT2D eigenvalue weighted by atomic mass is 16.6. The van der Waals surface area contributed by atoms with E-state index in [4.69, 9.17) is 4.74 Å². The Kier molecular flexibility index (Phi) is 5.68. The third kappa shape index (κ3) is 4.69. The molecule has 0 N–H and O–H groups in total. The Labute approximate surface area is 166 Å². The van der Waals surface area contributed by atoms with Crippen molar-refractivity contribution in [2.45, 2.75) is 52.2 Å². The molecule has 2 aromatic carbocycles. The first-order valence-electron chi connectivity index (χ1n) is 9.64. The number of amides is 2. The van der Waals surface area contributed by atoms with Gasteiger partial charge in [-0.25, -0.2) is 9.69 Å². The zero-order valence-corrected chi connectivity index (χ0v) is 16.9. The molecule has 28 heavy (non-hydrogen) atoms. The molecule has 0 radical (unpaired) electrons. The van der Waals surface area contributed by atoms with Gasteiger partial charge in [-0.05, 0) is 57.2 Å². The quantitative estimate of drug-likeness (QED) is 0.719. The van der Waals surface area contributed by atoms with Crippen molar-refractivity contribution >= 4 is 12.0 Å². The summed E-state index contributed by atoms with van der Waals surface area (Å²) in [6, 6.07) is 18.4. The number of carbonyl (C=O) groups excluding carboxylic acids is 2. The minimum absolute atomic E-state index is 0.265. The SMILES string of the molecule is CC1=C[C@@H](CCc2ccc(-c3ccccc3)cc2)N(C(=O)OC(C)(C)C)C1=O. The largest absolute Gasteiger partial charge is 0.443 e. The summed E-state index contributed by atoms with van der Waals surface area (Å²) in [5.41, 5.74) is 3.49. The maximum atomic E-state index is 12.5. The predicted molar refractivity (Wildman–Crippen MR) is 111 cm³/mol. The molecule has 1 aliphatic rings. The fourth-order valence-corrected chi connectivity index (χ4v) is 3.33. The van der Waals surface area contributed by atoms with Gasteiger partial charge in [0.2, 0.25) is 0 Å². The van der Waals surface area contributed by atoms with Crippen LogP contribution in [0.4, 0.5) is 4.79 Å². The highest BCUT2D eigenvalue weighted by Crippen LogP contribution is 2.25. The van der Waals surface area contributed by atoms with Gasteiger partial charge in [0, 0.05) is 5.57 Å². The summed E-state index contributed by atoms with van der Waals surface area (Å²) in [5.74, 6) is -0.265. The van der Waals surface area contributed by atoms with Crippen LogP contribution in [0.3, 0.4) is 0 Å². The lowest BCUT2D eigenvalue weighted by atomic mass is 10.0. The molecule has 3 rings (SSSR count). The fraction of sp³-hybridized carbons (Fsp3) is 0.333. The minimum Gasteiger partial charge on any atom is -0.443 e. The number of benzene rings is 2. The number of rotatable bonds is 4. The van der Waals surface area contributed by atoms with Gasteiger partial charge in [-0.3, -0.25) is 4.79 Å². The van der Waals surface area contributed by atoms with Gasteiger partial charge in [-0.2, -0.15) is 0 Å². The van der Waals surface area contributed by atoms with Gasteiger partial charge in [-0.15, -0.1) is 0 Å². The van der Waals surface area contributed by atoms with Crippen molar-refractivity contribution in [1.29, 1.82) is 0 Å². The highest BCUT2D eigenvalue weighted by molar-refractivity contribution is 6.05. The summed E-state index contributed by atoms with van der Waals surface area (Å²) < 4.78 is 5.42. The van der Waals surface area contributed by atoms with Crippen LogP contribution in [0, 0.1) is 0 Å². The Hall–Kier alpha value is -2.88. The highest BCUT2D eigenvalue weighted by Gasteiger charge is 2.37. The van der Waals surface area contributed by atoms with Crippen molar-refractivity contribution in [3.8, 4) is 11.1 Å². The van der Waals surface area contributed by atoms with Crippen LogP contribution in [0.15, 0.2) is 66.2 Å². The Morgan fingerprint density at radius 2 is 1.61 bits per heavy atom. The standard InChI is InChI=1S/C24H27NO3/c1-17-16-21(25(22(17)26)23(27)28-24(2,3)4)15-12-18-10-13-20(14-11-18)19-8-6-5-7-9-19/h5-11,13-14,16,21H,12,15H2,1-4H3/t21-/m1/s1. The first kappa shape index (κ1) is 19.9. The Morgan fingerprint density at radius 1 is 1.00 bits per heavy atom. The molecule has 0 fully saturated rings. The van der Waals surface area contributed by atoms with E-state index in [-0.39, 0.29) is 11.9 Å². The third-order valence-electron chi connectivity index (χ3n) is 4.71. The van der Waals surface area contributed by atoms with Crippen LogP contribution in [0.1, 0.15) is 39.7 Å². The average Bonchev–Trinajstić information content (AvgIpc) is 2.94. The third-order valence-corrected chi connectivity index (χ3v) is 4.71. The molecule has 2 amide bonds. The molecule has 2 aromatic rings. The van der Waals surface area contributed by atoms with E-state index in [0.29, 0.717) is 12.0 Å². The number of aryl methyl sites for hydroxylation is 1. The molecule has 1 atom stereocenters. The summed E-state index contributed by atoms with van der Waals surface area (Å²) in [6.07, 6.45) is 2.74. The van der Waals surface area contributed by atoms with E-state index in [1.807, 2.05) is 24.3 Å². The molecular weight excluding hydrogens is 350 g/mol. The first-order chi connectivity index (χ1) is 13.2. The van der Waals surface area contributed by atoms with Gasteiger partial charge in [0.05, 0.1) is 6.04 Å². The molecule has 0 unspecified atom stereocenters. The van der Waals surface area contributed by atoms with Crippen molar-refractivity contribution in [3.05, 3.63) is 71.8 Å². The molecule has 0 bridgehead atoms. The van der Waals surface area contributed by atoms with Crippen LogP contribution >= 0.6 is 0 Å². The minimum atomic E-state index is -0.633. The van der Waals surface area contributed by atoms with E-state index >= 15 is 0 Å². The van der Waals surface area contributed by atoms with Gasteiger partial charge in [0.15, 0.2) is 0 Å². The first-order valence-corrected chi connectivity index (χ1v) is 9.64. The van der Waals surface area contributed by atoms with Gasteiger partial charge in [-0.1, -0.05) is 60.7 Å². The fourth-order valence-electron chi connectivity index (χ4n) is 3.33. The van der Waals surface area contributed by atoms with Crippen molar-refractivity contribution in [3.63, 3.8) is 0 Å². The van der Waals surface area contributed by atoms with Crippen LogP contribution in [0.5, 0.6) is 0 Å². The van der Waals surface area contributed by atoms with Gasteiger partial charge < -0.3 is 4.74 Å². The average molecular weight is 377 g/mol. The number of carbonyl (C=O) groups is 2. The number of ether oxygens (including phenoxy) is 1. The van der Waals surface area contributed by atoms with Crippen molar-refractivity contribution in [2.24, 2.45) is 0 Å². The van der Waals surface area contributed by atoms with Crippen LogP contribution in [-0.2, 0) is 16.0 Å². The van der Waals surface area contributed by atoms with E-state index in [1.54, 1.807) is 27.7 Å². The molecule has 4 heteroatoms. The second-order valence-electron chi connectivity index (χ2n) is 8.17. The summed E-state index contributed by atoms with van der Waals surface area (Å²) in [6.45, 7) is 7.15. The second kappa shape index (κ2) is 8.01. The number of hydrogen-bond acceptors (Lipinski definition) is 3. The molecule has 4 nitrogen and oxygen atoms in total. The lowest BCUT2D eigenvalue weighted by Crippen LogP contribution is -2.43. The van der Waals surface area contributed by atoms with Crippen molar-refractivity contribution < 1.29 is 14.3 Å². The molecule has 1 aliphatic heterocycles. The zero-order chi connectivity index (χ0) is 20.3. The lowest BCUT2D eigenvalue weighted by Gasteiger charge is -2.27. The molecule has 0 saturated carbocycles. The van der Waals surface area contributed by atoms with Crippen LogP contribution in [0.2, 0.25) is 0 Å². The summed E-state index contributed by atoms with van der Waals surface area (Å²) in [4.78, 5) is 26.2. The lowest BCUT2D eigenvalue weighted by molar-refractivity contribution is -0.126. The van der Waals surface area contributed by atoms with Crippen LogP contribution < -0.4 is 0 Å².